The number of aromatic nitrogens is 1. The summed E-state index contributed by atoms with van der Waals surface area (Å²) in [6, 6.07) is 7.13. The van der Waals surface area contributed by atoms with E-state index in [9.17, 15) is 0 Å². The van der Waals surface area contributed by atoms with E-state index in [2.05, 4.69) is 5.16 Å². The summed E-state index contributed by atoms with van der Waals surface area (Å²) in [6.07, 6.45) is 0. The largest absolute Gasteiger partial charge is 0.496 e. The van der Waals surface area contributed by atoms with Gasteiger partial charge >= 0.3 is 0 Å². The zero-order valence-electron chi connectivity index (χ0n) is 10.4. The molecule has 1 aromatic heterocycles. The second-order valence-electron chi connectivity index (χ2n) is 3.66. The second-order valence-corrected chi connectivity index (χ2v) is 3.66. The summed E-state index contributed by atoms with van der Waals surface area (Å²) < 4.78 is 15.7. The number of hydrogen-bond donors (Lipinski definition) is 0. The first kappa shape index (κ1) is 12.0. The number of benzene rings is 1. The molecule has 0 aliphatic heterocycles. The molecule has 0 atom stereocenters. The third kappa shape index (κ3) is 1.89. The molecule has 0 N–H and O–H groups in total. The van der Waals surface area contributed by atoms with Gasteiger partial charge in [0.15, 0.2) is 11.5 Å². The Morgan fingerprint density at radius 1 is 1.28 bits per heavy atom. The van der Waals surface area contributed by atoms with Crippen LogP contribution in [0.1, 0.15) is 11.3 Å². The van der Waals surface area contributed by atoms with E-state index in [-0.39, 0.29) is 5.69 Å². The van der Waals surface area contributed by atoms with Crippen molar-refractivity contribution < 1.29 is 14.0 Å². The number of rotatable bonds is 3. The first-order valence-electron chi connectivity index (χ1n) is 5.30. The lowest BCUT2D eigenvalue weighted by Gasteiger charge is -2.12. The van der Waals surface area contributed by atoms with Gasteiger partial charge in [-0.1, -0.05) is 5.16 Å². The highest BCUT2D eigenvalue weighted by Gasteiger charge is 2.16. The third-order valence-electron chi connectivity index (χ3n) is 2.67. The van der Waals surface area contributed by atoms with Crippen LogP contribution in [0.4, 0.5) is 0 Å². The maximum absolute atomic E-state index is 8.74. The van der Waals surface area contributed by atoms with E-state index in [4.69, 9.17) is 19.3 Å². The smallest absolute Gasteiger partial charge is 0.184 e. The summed E-state index contributed by atoms with van der Waals surface area (Å²) >= 11 is 0. The lowest BCUT2D eigenvalue weighted by molar-refractivity contribution is 0.386. The molecule has 2 aromatic rings. The number of nitriles is 1. The van der Waals surface area contributed by atoms with E-state index in [1.807, 2.05) is 25.1 Å². The molecule has 0 saturated carbocycles. The average molecular weight is 244 g/mol. The minimum atomic E-state index is 0.237. The van der Waals surface area contributed by atoms with Crippen LogP contribution >= 0.6 is 0 Å². The van der Waals surface area contributed by atoms with Crippen LogP contribution < -0.4 is 9.47 Å². The minimum Gasteiger partial charge on any atom is -0.496 e. The van der Waals surface area contributed by atoms with Crippen LogP contribution in [0, 0.1) is 18.3 Å². The lowest BCUT2D eigenvalue weighted by atomic mass is 10.1. The highest BCUT2D eigenvalue weighted by Crippen LogP contribution is 2.37. The normalized spacial score (nSPS) is 9.89. The fourth-order valence-corrected chi connectivity index (χ4v) is 1.81. The maximum atomic E-state index is 8.74. The van der Waals surface area contributed by atoms with Crippen molar-refractivity contribution in [2.45, 2.75) is 6.92 Å². The van der Waals surface area contributed by atoms with E-state index < -0.39 is 0 Å². The van der Waals surface area contributed by atoms with Crippen molar-refractivity contribution in [2.75, 3.05) is 14.2 Å². The van der Waals surface area contributed by atoms with Gasteiger partial charge in [-0.2, -0.15) is 5.26 Å². The fraction of sp³-hybridized carbons (Fsp3) is 0.231. The summed E-state index contributed by atoms with van der Waals surface area (Å²) in [5.74, 6) is 1.87. The van der Waals surface area contributed by atoms with E-state index in [1.54, 1.807) is 20.3 Å². The van der Waals surface area contributed by atoms with Crippen molar-refractivity contribution in [1.29, 1.82) is 5.26 Å². The van der Waals surface area contributed by atoms with Crippen LogP contribution in [0.3, 0.4) is 0 Å². The zero-order chi connectivity index (χ0) is 13.1. The van der Waals surface area contributed by atoms with Gasteiger partial charge in [-0.3, -0.25) is 0 Å². The molecule has 5 nitrogen and oxygen atoms in total. The first-order valence-corrected chi connectivity index (χ1v) is 5.30. The molecule has 0 aliphatic carbocycles. The Labute approximate surface area is 105 Å². The molecule has 0 radical (unpaired) electrons. The van der Waals surface area contributed by atoms with E-state index in [0.717, 1.165) is 16.9 Å². The molecule has 0 saturated heterocycles. The SMILES string of the molecule is COc1ccc(-c2cc(C#N)no2)c(OC)c1C. The molecule has 5 heteroatoms. The molecule has 1 aromatic carbocycles. The van der Waals surface area contributed by atoms with Gasteiger partial charge in [0.05, 0.1) is 19.8 Å². The Balaban J connectivity index is 2.58. The van der Waals surface area contributed by atoms with Gasteiger partial charge in [0.25, 0.3) is 0 Å². The highest BCUT2D eigenvalue weighted by molar-refractivity contribution is 5.70. The molecular weight excluding hydrogens is 232 g/mol. The van der Waals surface area contributed by atoms with Crippen LogP contribution in [0.2, 0.25) is 0 Å². The molecule has 0 spiro atoms. The van der Waals surface area contributed by atoms with Crippen LogP contribution in [-0.2, 0) is 0 Å². The molecule has 2 rings (SSSR count). The Bertz CT molecular complexity index is 611. The number of methoxy groups -OCH3 is 2. The van der Waals surface area contributed by atoms with E-state index in [0.29, 0.717) is 11.5 Å². The maximum Gasteiger partial charge on any atom is 0.184 e. The summed E-state index contributed by atoms with van der Waals surface area (Å²) in [5.41, 5.74) is 1.85. The standard InChI is InChI=1S/C13H12N2O3/c1-8-11(16-2)5-4-10(13(8)17-3)12-6-9(7-14)15-18-12/h4-6H,1-3H3. The molecule has 0 aliphatic rings. The van der Waals surface area contributed by atoms with Gasteiger partial charge in [0.1, 0.15) is 17.6 Å². The van der Waals surface area contributed by atoms with Gasteiger partial charge in [0.2, 0.25) is 0 Å². The quantitative estimate of drug-likeness (QED) is 0.829. The van der Waals surface area contributed by atoms with Crippen LogP contribution in [0.15, 0.2) is 22.7 Å². The van der Waals surface area contributed by atoms with Crippen molar-refractivity contribution in [1.82, 2.24) is 5.16 Å². The minimum absolute atomic E-state index is 0.237. The zero-order valence-corrected chi connectivity index (χ0v) is 10.4. The molecule has 1 heterocycles. The van der Waals surface area contributed by atoms with Gasteiger partial charge in [-0.15, -0.1) is 0 Å². The van der Waals surface area contributed by atoms with Gasteiger partial charge < -0.3 is 14.0 Å². The molecular formula is C13H12N2O3. The Kier molecular flexibility index (Phi) is 3.20. The van der Waals surface area contributed by atoms with E-state index in [1.165, 1.54) is 0 Å². The number of hydrogen-bond acceptors (Lipinski definition) is 5. The molecule has 92 valence electrons. The average Bonchev–Trinajstić information content (AvgIpc) is 2.87. The predicted octanol–water partition coefficient (Wildman–Crippen LogP) is 2.54. The highest BCUT2D eigenvalue weighted by atomic mass is 16.5. The molecule has 0 amide bonds. The third-order valence-corrected chi connectivity index (χ3v) is 2.67. The van der Waals surface area contributed by atoms with Crippen LogP contribution in [-0.4, -0.2) is 19.4 Å². The van der Waals surface area contributed by atoms with Gasteiger partial charge in [-0.05, 0) is 19.1 Å². The van der Waals surface area contributed by atoms with Crippen molar-refractivity contribution >= 4 is 0 Å². The number of nitrogens with zero attached hydrogens (tertiary/aromatic N) is 2. The van der Waals surface area contributed by atoms with Crippen molar-refractivity contribution in [3.05, 3.63) is 29.5 Å². The van der Waals surface area contributed by atoms with Gasteiger partial charge in [0, 0.05) is 11.6 Å². The molecule has 0 bridgehead atoms. The second kappa shape index (κ2) is 4.80. The summed E-state index contributed by atoms with van der Waals surface area (Å²) in [4.78, 5) is 0. The Morgan fingerprint density at radius 2 is 2.06 bits per heavy atom. The molecule has 0 unspecified atom stereocenters. The predicted molar refractivity (Wildman–Crippen MR) is 64.5 cm³/mol. The van der Waals surface area contributed by atoms with E-state index >= 15 is 0 Å². The number of ether oxygens (including phenoxy) is 2. The lowest BCUT2D eigenvalue weighted by Crippen LogP contribution is -1.94. The Morgan fingerprint density at radius 3 is 2.61 bits per heavy atom. The van der Waals surface area contributed by atoms with Gasteiger partial charge in [-0.25, -0.2) is 0 Å². The Hall–Kier alpha value is -2.48. The van der Waals surface area contributed by atoms with Crippen LogP contribution in [0.25, 0.3) is 11.3 Å². The molecule has 0 fully saturated rings. The topological polar surface area (TPSA) is 68.3 Å². The van der Waals surface area contributed by atoms with Crippen LogP contribution in [0.5, 0.6) is 11.5 Å². The van der Waals surface area contributed by atoms with Crippen molar-refractivity contribution in [3.63, 3.8) is 0 Å². The first-order chi connectivity index (χ1) is 8.71. The summed E-state index contributed by atoms with van der Waals surface area (Å²) in [6.45, 7) is 1.89. The summed E-state index contributed by atoms with van der Waals surface area (Å²) in [7, 11) is 3.18. The molecule has 18 heavy (non-hydrogen) atoms. The summed E-state index contributed by atoms with van der Waals surface area (Å²) in [5, 5.41) is 12.4. The van der Waals surface area contributed by atoms with Crippen molar-refractivity contribution in [2.24, 2.45) is 0 Å². The fourth-order valence-electron chi connectivity index (χ4n) is 1.81. The monoisotopic (exact) mass is 244 g/mol. The van der Waals surface area contributed by atoms with Crippen molar-refractivity contribution in [3.8, 4) is 28.9 Å².